The lowest BCUT2D eigenvalue weighted by Gasteiger charge is -2.11. The zero-order valence-corrected chi connectivity index (χ0v) is 9.37. The first kappa shape index (κ1) is 11.9. The van der Waals surface area contributed by atoms with E-state index in [1.54, 1.807) is 0 Å². The second-order valence-corrected chi connectivity index (χ2v) is 4.57. The molecule has 4 heteroatoms. The van der Waals surface area contributed by atoms with Gasteiger partial charge in [0.2, 0.25) is 0 Å². The van der Waals surface area contributed by atoms with Crippen molar-refractivity contribution >= 4 is 17.7 Å². The Balaban J connectivity index is 2.22. The second-order valence-electron chi connectivity index (χ2n) is 3.14. The Labute approximate surface area is 93.4 Å². The predicted molar refractivity (Wildman–Crippen MR) is 61.5 cm³/mol. The van der Waals surface area contributed by atoms with Crippen LogP contribution < -0.4 is 4.74 Å². The van der Waals surface area contributed by atoms with E-state index in [0.29, 0.717) is 6.61 Å². The van der Waals surface area contributed by atoms with Gasteiger partial charge in [0.05, 0.1) is 12.4 Å². The molecule has 0 heterocycles. The molecule has 1 unspecified atom stereocenters. The van der Waals surface area contributed by atoms with Crippen LogP contribution in [0.2, 0.25) is 0 Å². The average molecular weight is 226 g/mol. The maximum absolute atomic E-state index is 10.3. The van der Waals surface area contributed by atoms with E-state index in [4.69, 9.17) is 9.84 Å². The lowest BCUT2D eigenvalue weighted by Crippen LogP contribution is -2.13. The molecule has 0 bridgehead atoms. The molecule has 1 aromatic rings. The van der Waals surface area contributed by atoms with Crippen LogP contribution in [0, 0.1) is 0 Å². The number of benzene rings is 1. The summed E-state index contributed by atoms with van der Waals surface area (Å²) in [7, 11) is 0. The molecule has 0 saturated heterocycles. The molecule has 0 radical (unpaired) electrons. The van der Waals surface area contributed by atoms with Crippen molar-refractivity contribution in [2.75, 3.05) is 12.4 Å². The number of carbonyl (C=O) groups is 1. The van der Waals surface area contributed by atoms with Crippen molar-refractivity contribution < 1.29 is 14.6 Å². The molecule has 0 saturated carbocycles. The van der Waals surface area contributed by atoms with Crippen molar-refractivity contribution in [2.45, 2.75) is 12.2 Å². The summed E-state index contributed by atoms with van der Waals surface area (Å²) in [5, 5.41) is 8.67. The van der Waals surface area contributed by atoms with Crippen LogP contribution in [0.5, 0.6) is 5.75 Å². The van der Waals surface area contributed by atoms with Gasteiger partial charge in [-0.3, -0.25) is 4.79 Å². The Bertz CT molecular complexity index is 300. The highest BCUT2D eigenvalue weighted by Gasteiger charge is 2.06. The zero-order valence-electron chi connectivity index (χ0n) is 8.55. The fourth-order valence-electron chi connectivity index (χ4n) is 0.992. The van der Waals surface area contributed by atoms with E-state index in [1.165, 1.54) is 11.8 Å². The van der Waals surface area contributed by atoms with E-state index in [9.17, 15) is 4.79 Å². The molecule has 1 rings (SSSR count). The van der Waals surface area contributed by atoms with Crippen LogP contribution in [0.1, 0.15) is 6.92 Å². The van der Waals surface area contributed by atoms with Crippen molar-refractivity contribution in [3.05, 3.63) is 30.3 Å². The van der Waals surface area contributed by atoms with E-state index >= 15 is 0 Å². The maximum atomic E-state index is 10.3. The SMILES string of the molecule is CC(COc1ccccc1)SCC(=O)O. The van der Waals surface area contributed by atoms with Gasteiger partial charge >= 0.3 is 5.97 Å². The summed E-state index contributed by atoms with van der Waals surface area (Å²) >= 11 is 1.38. The highest BCUT2D eigenvalue weighted by Crippen LogP contribution is 2.14. The minimum atomic E-state index is -0.786. The topological polar surface area (TPSA) is 46.5 Å². The van der Waals surface area contributed by atoms with Gasteiger partial charge in [0.15, 0.2) is 0 Å². The molecule has 0 fully saturated rings. The van der Waals surface area contributed by atoms with E-state index in [1.807, 2.05) is 37.3 Å². The van der Waals surface area contributed by atoms with Gasteiger partial charge in [-0.1, -0.05) is 18.2 Å². The number of thioether (sulfide) groups is 1. The van der Waals surface area contributed by atoms with Crippen LogP contribution >= 0.6 is 11.8 Å². The largest absolute Gasteiger partial charge is 0.492 e. The van der Waals surface area contributed by atoms with Crippen LogP contribution in [-0.2, 0) is 4.79 Å². The Morgan fingerprint density at radius 3 is 2.73 bits per heavy atom. The lowest BCUT2D eigenvalue weighted by atomic mass is 10.3. The van der Waals surface area contributed by atoms with Gasteiger partial charge in [-0.2, -0.15) is 0 Å². The summed E-state index contributed by atoms with van der Waals surface area (Å²) < 4.78 is 5.49. The summed E-state index contributed by atoms with van der Waals surface area (Å²) in [6.45, 7) is 2.48. The highest BCUT2D eigenvalue weighted by molar-refractivity contribution is 8.00. The first-order chi connectivity index (χ1) is 7.18. The van der Waals surface area contributed by atoms with Gasteiger partial charge in [-0.05, 0) is 19.1 Å². The number of ether oxygens (including phenoxy) is 1. The molecule has 0 spiro atoms. The summed E-state index contributed by atoms with van der Waals surface area (Å²) in [4.78, 5) is 10.3. The van der Waals surface area contributed by atoms with Gasteiger partial charge < -0.3 is 9.84 Å². The summed E-state index contributed by atoms with van der Waals surface area (Å²) in [6.07, 6.45) is 0. The molecular weight excluding hydrogens is 212 g/mol. The first-order valence-corrected chi connectivity index (χ1v) is 5.74. The third kappa shape index (κ3) is 5.32. The Kier molecular flexibility index (Phi) is 5.04. The van der Waals surface area contributed by atoms with E-state index in [0.717, 1.165) is 5.75 Å². The number of carboxylic acid groups (broad SMARTS) is 1. The van der Waals surface area contributed by atoms with Gasteiger partial charge in [0, 0.05) is 5.25 Å². The molecule has 0 aliphatic heterocycles. The van der Waals surface area contributed by atoms with Gasteiger partial charge in [0.1, 0.15) is 5.75 Å². The zero-order chi connectivity index (χ0) is 11.1. The average Bonchev–Trinajstić information content (AvgIpc) is 2.25. The summed E-state index contributed by atoms with van der Waals surface area (Å²) in [6, 6.07) is 9.51. The minimum Gasteiger partial charge on any atom is -0.492 e. The minimum absolute atomic E-state index is 0.124. The molecule has 1 atom stereocenters. The third-order valence-electron chi connectivity index (χ3n) is 1.72. The van der Waals surface area contributed by atoms with E-state index in [-0.39, 0.29) is 11.0 Å². The van der Waals surface area contributed by atoms with Crippen molar-refractivity contribution in [2.24, 2.45) is 0 Å². The molecule has 0 aliphatic carbocycles. The molecule has 0 aromatic heterocycles. The fourth-order valence-corrected chi connectivity index (χ4v) is 1.58. The smallest absolute Gasteiger partial charge is 0.313 e. The molecule has 15 heavy (non-hydrogen) atoms. The van der Waals surface area contributed by atoms with Gasteiger partial charge in [-0.15, -0.1) is 11.8 Å². The van der Waals surface area contributed by atoms with Crippen LogP contribution in [0.25, 0.3) is 0 Å². The van der Waals surface area contributed by atoms with E-state index < -0.39 is 5.97 Å². The predicted octanol–water partition coefficient (Wildman–Crippen LogP) is 2.27. The maximum Gasteiger partial charge on any atom is 0.313 e. The van der Waals surface area contributed by atoms with Crippen molar-refractivity contribution in [3.63, 3.8) is 0 Å². The lowest BCUT2D eigenvalue weighted by molar-refractivity contribution is -0.133. The molecule has 82 valence electrons. The molecule has 3 nitrogen and oxygen atoms in total. The van der Waals surface area contributed by atoms with Crippen molar-refractivity contribution in [3.8, 4) is 5.75 Å². The first-order valence-electron chi connectivity index (χ1n) is 4.69. The molecule has 0 amide bonds. The standard InChI is InChI=1S/C11H14O3S/c1-9(15-8-11(12)13)7-14-10-5-3-2-4-6-10/h2-6,9H,7-8H2,1H3,(H,12,13). The molecule has 1 aromatic carbocycles. The number of para-hydroxylation sites is 1. The summed E-state index contributed by atoms with van der Waals surface area (Å²) in [5.74, 6) is 0.158. The second kappa shape index (κ2) is 6.35. The van der Waals surface area contributed by atoms with Gasteiger partial charge in [0.25, 0.3) is 0 Å². The van der Waals surface area contributed by atoms with Crippen LogP contribution in [0.4, 0.5) is 0 Å². The number of carboxylic acids is 1. The fraction of sp³-hybridized carbons (Fsp3) is 0.364. The van der Waals surface area contributed by atoms with Crippen molar-refractivity contribution in [1.29, 1.82) is 0 Å². The Morgan fingerprint density at radius 1 is 1.47 bits per heavy atom. The van der Waals surface area contributed by atoms with Crippen LogP contribution in [-0.4, -0.2) is 28.7 Å². The molecular formula is C11H14O3S. The number of rotatable bonds is 6. The van der Waals surface area contributed by atoms with Crippen LogP contribution in [0.15, 0.2) is 30.3 Å². The number of aliphatic carboxylic acids is 1. The van der Waals surface area contributed by atoms with Crippen molar-refractivity contribution in [1.82, 2.24) is 0 Å². The number of hydrogen-bond acceptors (Lipinski definition) is 3. The van der Waals surface area contributed by atoms with Gasteiger partial charge in [-0.25, -0.2) is 0 Å². The Morgan fingerprint density at radius 2 is 2.13 bits per heavy atom. The Hall–Kier alpha value is -1.16. The normalized spacial score (nSPS) is 12.1. The monoisotopic (exact) mass is 226 g/mol. The summed E-state index contributed by atoms with van der Waals surface area (Å²) in [5.41, 5.74) is 0. The number of hydrogen-bond donors (Lipinski definition) is 1. The quantitative estimate of drug-likeness (QED) is 0.808. The third-order valence-corrected chi connectivity index (χ3v) is 2.84. The molecule has 1 N–H and O–H groups in total. The molecule has 0 aliphatic rings. The van der Waals surface area contributed by atoms with Crippen LogP contribution in [0.3, 0.4) is 0 Å². The van der Waals surface area contributed by atoms with E-state index in [2.05, 4.69) is 0 Å². The highest BCUT2D eigenvalue weighted by atomic mass is 32.2.